The van der Waals surface area contributed by atoms with E-state index in [1.54, 1.807) is 24.3 Å². The van der Waals surface area contributed by atoms with Crippen molar-refractivity contribution in [3.05, 3.63) is 64.5 Å². The second kappa shape index (κ2) is 7.78. The third-order valence-corrected chi connectivity index (χ3v) is 6.32. The SMILES string of the molecule is COc1ccc(CN(c2ncns2)S(=O)(=O)c2ccc([N+](=O)[O-])c(O)c2)cc1. The lowest BCUT2D eigenvalue weighted by Crippen LogP contribution is -2.30. The Morgan fingerprint density at radius 1 is 1.25 bits per heavy atom. The molecule has 0 unspecified atom stereocenters. The molecule has 0 radical (unpaired) electrons. The van der Waals surface area contributed by atoms with E-state index < -0.39 is 26.4 Å². The second-order valence-corrected chi connectivity index (χ2v) is 8.11. The molecule has 12 heteroatoms. The van der Waals surface area contributed by atoms with Crippen LogP contribution >= 0.6 is 11.5 Å². The minimum absolute atomic E-state index is 0.0563. The zero-order valence-corrected chi connectivity index (χ0v) is 16.1. The summed E-state index contributed by atoms with van der Waals surface area (Å²) in [7, 11) is -2.65. The molecule has 10 nitrogen and oxygen atoms in total. The lowest BCUT2D eigenvalue weighted by atomic mass is 10.2. The highest BCUT2D eigenvalue weighted by Crippen LogP contribution is 2.32. The maximum absolute atomic E-state index is 13.2. The molecule has 0 aliphatic rings. The average molecular weight is 422 g/mol. The van der Waals surface area contributed by atoms with Crippen molar-refractivity contribution in [2.45, 2.75) is 11.4 Å². The van der Waals surface area contributed by atoms with E-state index in [2.05, 4.69) is 9.36 Å². The molecule has 2 aromatic carbocycles. The lowest BCUT2D eigenvalue weighted by molar-refractivity contribution is -0.385. The summed E-state index contributed by atoms with van der Waals surface area (Å²) in [5, 5.41) is 20.8. The number of phenols is 1. The molecule has 1 N–H and O–H groups in total. The molecule has 0 saturated heterocycles. The molecule has 0 bridgehead atoms. The molecule has 1 aromatic heterocycles. The van der Waals surface area contributed by atoms with Crippen molar-refractivity contribution in [1.29, 1.82) is 0 Å². The minimum atomic E-state index is -4.18. The number of aromatic hydroxyl groups is 1. The van der Waals surface area contributed by atoms with Gasteiger partial charge in [0.05, 0.1) is 23.5 Å². The van der Waals surface area contributed by atoms with Gasteiger partial charge in [0.2, 0.25) is 5.13 Å². The minimum Gasteiger partial charge on any atom is -0.502 e. The molecule has 0 atom stereocenters. The fourth-order valence-corrected chi connectivity index (χ4v) is 4.53. The fourth-order valence-electron chi connectivity index (χ4n) is 2.37. The molecule has 0 fully saturated rings. The van der Waals surface area contributed by atoms with Crippen molar-refractivity contribution in [2.75, 3.05) is 11.4 Å². The normalized spacial score (nSPS) is 11.2. The van der Waals surface area contributed by atoms with Gasteiger partial charge in [0.25, 0.3) is 10.0 Å². The summed E-state index contributed by atoms with van der Waals surface area (Å²) in [6, 6.07) is 9.64. The summed E-state index contributed by atoms with van der Waals surface area (Å²) >= 11 is 0.882. The van der Waals surface area contributed by atoms with Crippen LogP contribution in [0.15, 0.2) is 53.7 Å². The Hall–Kier alpha value is -3.25. The molecular formula is C16H14N4O6S2. The summed E-state index contributed by atoms with van der Waals surface area (Å²) in [5.41, 5.74) is 0.0716. The number of rotatable bonds is 7. The number of nitro benzene ring substituents is 1. The van der Waals surface area contributed by atoms with Gasteiger partial charge in [-0.1, -0.05) is 12.1 Å². The number of methoxy groups -OCH3 is 1. The molecule has 0 aliphatic heterocycles. The number of hydrogen-bond donors (Lipinski definition) is 1. The van der Waals surface area contributed by atoms with Crippen molar-refractivity contribution in [2.24, 2.45) is 0 Å². The van der Waals surface area contributed by atoms with Crippen molar-refractivity contribution in [3.63, 3.8) is 0 Å². The van der Waals surface area contributed by atoms with Crippen LogP contribution in [0.2, 0.25) is 0 Å². The molecule has 146 valence electrons. The predicted octanol–water partition coefficient (Wildman–Crippen LogP) is 2.56. The summed E-state index contributed by atoms with van der Waals surface area (Å²) in [6.45, 7) is -0.0563. The van der Waals surface area contributed by atoms with Crippen LogP contribution in [0, 0.1) is 10.1 Å². The van der Waals surface area contributed by atoms with E-state index in [-0.39, 0.29) is 16.6 Å². The van der Waals surface area contributed by atoms with Crippen LogP contribution in [0.25, 0.3) is 0 Å². The molecule has 3 aromatic rings. The Labute approximate surface area is 164 Å². The Morgan fingerprint density at radius 2 is 1.96 bits per heavy atom. The van der Waals surface area contributed by atoms with Crippen molar-refractivity contribution in [1.82, 2.24) is 9.36 Å². The molecule has 0 saturated carbocycles. The first-order chi connectivity index (χ1) is 13.3. The summed E-state index contributed by atoms with van der Waals surface area (Å²) in [6.07, 6.45) is 1.23. The summed E-state index contributed by atoms with van der Waals surface area (Å²) < 4.78 is 36.3. The van der Waals surface area contributed by atoms with E-state index in [0.717, 1.165) is 34.0 Å². The number of ether oxygens (including phenoxy) is 1. The Kier molecular flexibility index (Phi) is 5.42. The van der Waals surface area contributed by atoms with Crippen LogP contribution in [0.4, 0.5) is 10.8 Å². The summed E-state index contributed by atoms with van der Waals surface area (Å²) in [4.78, 5) is 13.7. The first-order valence-corrected chi connectivity index (χ1v) is 9.94. The number of aromatic nitrogens is 2. The number of nitrogens with zero attached hydrogens (tertiary/aromatic N) is 4. The number of nitro groups is 1. The molecule has 0 spiro atoms. The van der Waals surface area contributed by atoms with Crippen molar-refractivity contribution >= 4 is 32.4 Å². The van der Waals surface area contributed by atoms with E-state index in [1.165, 1.54) is 13.4 Å². The maximum atomic E-state index is 13.2. The highest BCUT2D eigenvalue weighted by Gasteiger charge is 2.29. The van der Waals surface area contributed by atoms with E-state index >= 15 is 0 Å². The van der Waals surface area contributed by atoms with Gasteiger partial charge in [0, 0.05) is 23.7 Å². The van der Waals surface area contributed by atoms with E-state index in [0.29, 0.717) is 11.3 Å². The summed E-state index contributed by atoms with van der Waals surface area (Å²) in [5.74, 6) is -0.123. The maximum Gasteiger partial charge on any atom is 0.310 e. The largest absolute Gasteiger partial charge is 0.502 e. The van der Waals surface area contributed by atoms with Gasteiger partial charge < -0.3 is 9.84 Å². The van der Waals surface area contributed by atoms with E-state index in [1.807, 2.05) is 0 Å². The van der Waals surface area contributed by atoms with Gasteiger partial charge >= 0.3 is 5.69 Å². The van der Waals surface area contributed by atoms with Crippen molar-refractivity contribution in [3.8, 4) is 11.5 Å². The van der Waals surface area contributed by atoms with Gasteiger partial charge in [0.15, 0.2) is 5.75 Å². The lowest BCUT2D eigenvalue weighted by Gasteiger charge is -2.21. The van der Waals surface area contributed by atoms with Crippen LogP contribution in [0.5, 0.6) is 11.5 Å². The van der Waals surface area contributed by atoms with Gasteiger partial charge in [-0.25, -0.2) is 17.7 Å². The van der Waals surface area contributed by atoms with Gasteiger partial charge in [-0.2, -0.15) is 4.37 Å². The quantitative estimate of drug-likeness (QED) is 0.453. The van der Waals surface area contributed by atoms with Crippen molar-refractivity contribution < 1.29 is 23.2 Å². The number of anilines is 1. The molecule has 3 rings (SSSR count). The first-order valence-electron chi connectivity index (χ1n) is 7.72. The van der Waals surface area contributed by atoms with Gasteiger partial charge in [-0.3, -0.25) is 10.1 Å². The first kappa shape index (κ1) is 19.5. The fraction of sp³-hybridized carbons (Fsp3) is 0.125. The molecular weight excluding hydrogens is 408 g/mol. The average Bonchev–Trinajstić information content (AvgIpc) is 3.20. The Balaban J connectivity index is 2.01. The van der Waals surface area contributed by atoms with Crippen LogP contribution in [0.3, 0.4) is 0 Å². The van der Waals surface area contributed by atoms with Crippen LogP contribution in [-0.4, -0.2) is 34.9 Å². The zero-order chi connectivity index (χ0) is 20.3. The highest BCUT2D eigenvalue weighted by atomic mass is 32.2. The van der Waals surface area contributed by atoms with E-state index in [4.69, 9.17) is 4.74 Å². The van der Waals surface area contributed by atoms with Crippen LogP contribution < -0.4 is 9.04 Å². The number of phenolic OH excluding ortho intramolecular Hbond substituents is 1. The second-order valence-electron chi connectivity index (χ2n) is 5.49. The smallest absolute Gasteiger partial charge is 0.310 e. The predicted molar refractivity (Wildman–Crippen MR) is 101 cm³/mol. The molecule has 28 heavy (non-hydrogen) atoms. The van der Waals surface area contributed by atoms with Crippen LogP contribution in [-0.2, 0) is 16.6 Å². The van der Waals surface area contributed by atoms with Gasteiger partial charge in [-0.15, -0.1) is 0 Å². The third kappa shape index (κ3) is 3.87. The molecule has 0 aliphatic carbocycles. The topological polar surface area (TPSA) is 136 Å². The highest BCUT2D eigenvalue weighted by molar-refractivity contribution is 7.93. The van der Waals surface area contributed by atoms with Gasteiger partial charge in [0.1, 0.15) is 12.1 Å². The number of benzene rings is 2. The third-order valence-electron chi connectivity index (χ3n) is 3.78. The van der Waals surface area contributed by atoms with E-state index in [9.17, 15) is 23.6 Å². The Morgan fingerprint density at radius 3 is 2.50 bits per heavy atom. The number of sulfonamides is 1. The monoisotopic (exact) mass is 422 g/mol. The standard InChI is InChI=1S/C16H14N4O6S2/c1-26-12-4-2-11(3-5-12)9-19(16-17-10-18-27-16)28(24,25)13-6-7-14(20(22)23)15(21)8-13/h2-8,10,21H,9H2,1H3. The zero-order valence-electron chi connectivity index (χ0n) is 14.4. The number of hydrogen-bond acceptors (Lipinski definition) is 9. The molecule has 1 heterocycles. The molecule has 0 amide bonds. The van der Waals surface area contributed by atoms with Crippen LogP contribution in [0.1, 0.15) is 5.56 Å². The Bertz CT molecular complexity index is 1080. The van der Waals surface area contributed by atoms with Gasteiger partial charge in [-0.05, 0) is 23.8 Å².